The van der Waals surface area contributed by atoms with Crippen molar-refractivity contribution >= 4 is 17.3 Å². The van der Waals surface area contributed by atoms with Crippen molar-refractivity contribution in [3.05, 3.63) is 93.5 Å². The van der Waals surface area contributed by atoms with Crippen molar-refractivity contribution in [1.29, 1.82) is 0 Å². The lowest BCUT2D eigenvalue weighted by molar-refractivity contribution is -0.384. The maximum atomic E-state index is 12.8. The van der Waals surface area contributed by atoms with Gasteiger partial charge < -0.3 is 10.6 Å². The molecule has 0 saturated heterocycles. The third kappa shape index (κ3) is 6.05. The molecule has 172 valence electrons. The van der Waals surface area contributed by atoms with Crippen molar-refractivity contribution in [2.45, 2.75) is 46.1 Å². The Bertz CT molecular complexity index is 1100. The van der Waals surface area contributed by atoms with E-state index < -0.39 is 4.92 Å². The smallest absolute Gasteiger partial charge is 0.269 e. The molecule has 0 aliphatic carbocycles. The summed E-state index contributed by atoms with van der Waals surface area (Å²) in [5.41, 5.74) is 6.15. The standard InChI is InChI=1S/C27H31N3O3/c1-18(2)23-10-7-11-24(19(3)4)27(23)29-26(31)17-28-16-21-8-5-6-9-25(21)20-12-14-22(15-13-20)30(32)33/h5-15,18-19,28H,16-17H2,1-4H3,(H,29,31). The van der Waals surface area contributed by atoms with Gasteiger partial charge in [-0.15, -0.1) is 0 Å². The van der Waals surface area contributed by atoms with Crippen LogP contribution in [0.4, 0.5) is 11.4 Å². The van der Waals surface area contributed by atoms with Crippen molar-refractivity contribution in [3.63, 3.8) is 0 Å². The summed E-state index contributed by atoms with van der Waals surface area (Å²) < 4.78 is 0. The second-order valence-electron chi connectivity index (χ2n) is 8.73. The number of hydrogen-bond donors (Lipinski definition) is 2. The zero-order valence-electron chi connectivity index (χ0n) is 19.6. The summed E-state index contributed by atoms with van der Waals surface area (Å²) in [5.74, 6) is 0.527. The van der Waals surface area contributed by atoms with E-state index in [-0.39, 0.29) is 18.1 Å². The second kappa shape index (κ2) is 10.9. The first-order chi connectivity index (χ1) is 15.8. The monoisotopic (exact) mass is 445 g/mol. The molecule has 0 fully saturated rings. The highest BCUT2D eigenvalue weighted by Crippen LogP contribution is 2.32. The highest BCUT2D eigenvalue weighted by Gasteiger charge is 2.16. The second-order valence-corrected chi connectivity index (χ2v) is 8.73. The van der Waals surface area contributed by atoms with E-state index >= 15 is 0 Å². The van der Waals surface area contributed by atoms with Crippen LogP contribution in [0.15, 0.2) is 66.7 Å². The summed E-state index contributed by atoms with van der Waals surface area (Å²) in [6.45, 7) is 9.19. The Morgan fingerprint density at radius 2 is 1.48 bits per heavy atom. The van der Waals surface area contributed by atoms with E-state index in [0.29, 0.717) is 18.4 Å². The molecule has 3 aromatic carbocycles. The molecule has 0 atom stereocenters. The van der Waals surface area contributed by atoms with E-state index in [2.05, 4.69) is 50.5 Å². The van der Waals surface area contributed by atoms with Crippen LogP contribution in [0, 0.1) is 10.1 Å². The van der Waals surface area contributed by atoms with Gasteiger partial charge in [0.15, 0.2) is 0 Å². The number of nitro benzene ring substituents is 1. The Kier molecular flexibility index (Phi) is 7.96. The van der Waals surface area contributed by atoms with Gasteiger partial charge in [-0.1, -0.05) is 70.2 Å². The molecule has 0 spiro atoms. The van der Waals surface area contributed by atoms with Crippen molar-refractivity contribution < 1.29 is 9.72 Å². The molecule has 0 unspecified atom stereocenters. The first-order valence-corrected chi connectivity index (χ1v) is 11.2. The Morgan fingerprint density at radius 3 is 2.06 bits per heavy atom. The Hall–Kier alpha value is -3.51. The largest absolute Gasteiger partial charge is 0.324 e. The summed E-state index contributed by atoms with van der Waals surface area (Å²) in [6.07, 6.45) is 0. The first kappa shape index (κ1) is 24.1. The number of carbonyl (C=O) groups is 1. The third-order valence-corrected chi connectivity index (χ3v) is 5.64. The minimum Gasteiger partial charge on any atom is -0.324 e. The maximum Gasteiger partial charge on any atom is 0.269 e. The van der Waals surface area contributed by atoms with Crippen LogP contribution in [0.3, 0.4) is 0 Å². The lowest BCUT2D eigenvalue weighted by atomic mass is 9.92. The number of carbonyl (C=O) groups excluding carboxylic acids is 1. The molecule has 3 rings (SSSR count). The van der Waals surface area contributed by atoms with E-state index in [1.54, 1.807) is 12.1 Å². The number of benzene rings is 3. The van der Waals surface area contributed by atoms with Crippen LogP contribution in [0.25, 0.3) is 11.1 Å². The van der Waals surface area contributed by atoms with Crippen LogP contribution in [0.2, 0.25) is 0 Å². The van der Waals surface area contributed by atoms with Crippen LogP contribution >= 0.6 is 0 Å². The van der Waals surface area contributed by atoms with Crippen molar-refractivity contribution in [2.24, 2.45) is 0 Å². The van der Waals surface area contributed by atoms with E-state index in [1.165, 1.54) is 12.1 Å². The van der Waals surface area contributed by atoms with Gasteiger partial charge in [-0.2, -0.15) is 0 Å². The van der Waals surface area contributed by atoms with Crippen LogP contribution in [-0.4, -0.2) is 17.4 Å². The quantitative estimate of drug-likeness (QED) is 0.302. The number of hydrogen-bond acceptors (Lipinski definition) is 4. The predicted molar refractivity (Wildman–Crippen MR) is 133 cm³/mol. The molecular weight excluding hydrogens is 414 g/mol. The van der Waals surface area contributed by atoms with E-state index in [9.17, 15) is 14.9 Å². The third-order valence-electron chi connectivity index (χ3n) is 5.64. The maximum absolute atomic E-state index is 12.8. The van der Waals surface area contributed by atoms with Gasteiger partial charge in [-0.3, -0.25) is 14.9 Å². The number of non-ortho nitro benzene ring substituents is 1. The molecule has 0 aliphatic rings. The average Bonchev–Trinajstić information content (AvgIpc) is 2.79. The molecular formula is C27H31N3O3. The van der Waals surface area contributed by atoms with E-state index in [4.69, 9.17) is 0 Å². The molecule has 6 heteroatoms. The Balaban J connectivity index is 1.69. The van der Waals surface area contributed by atoms with Crippen LogP contribution in [0.5, 0.6) is 0 Å². The fourth-order valence-corrected chi connectivity index (χ4v) is 3.91. The molecule has 0 bridgehead atoms. The van der Waals surface area contributed by atoms with Crippen LogP contribution in [0.1, 0.15) is 56.2 Å². The molecule has 33 heavy (non-hydrogen) atoms. The molecule has 1 amide bonds. The summed E-state index contributed by atoms with van der Waals surface area (Å²) in [5, 5.41) is 17.3. The lowest BCUT2D eigenvalue weighted by Gasteiger charge is -2.20. The van der Waals surface area contributed by atoms with Gasteiger partial charge in [0.25, 0.3) is 5.69 Å². The van der Waals surface area contributed by atoms with Crippen molar-refractivity contribution in [2.75, 3.05) is 11.9 Å². The molecule has 2 N–H and O–H groups in total. The van der Waals surface area contributed by atoms with Gasteiger partial charge in [-0.05, 0) is 51.8 Å². The summed E-state index contributed by atoms with van der Waals surface area (Å²) in [7, 11) is 0. The number of nitrogens with one attached hydrogen (secondary N) is 2. The molecule has 0 saturated carbocycles. The molecule has 3 aromatic rings. The molecule has 0 radical (unpaired) electrons. The molecule has 0 aliphatic heterocycles. The summed E-state index contributed by atoms with van der Waals surface area (Å²) >= 11 is 0. The van der Waals surface area contributed by atoms with Gasteiger partial charge in [0.1, 0.15) is 0 Å². The molecule has 0 heterocycles. The van der Waals surface area contributed by atoms with Gasteiger partial charge in [0.05, 0.1) is 11.5 Å². The van der Waals surface area contributed by atoms with Gasteiger partial charge >= 0.3 is 0 Å². The lowest BCUT2D eigenvalue weighted by Crippen LogP contribution is -2.28. The normalized spacial score (nSPS) is 11.1. The minimum atomic E-state index is -0.405. The van der Waals surface area contributed by atoms with E-state index in [0.717, 1.165) is 33.5 Å². The topological polar surface area (TPSA) is 84.3 Å². The van der Waals surface area contributed by atoms with E-state index in [1.807, 2.05) is 30.3 Å². The number of nitrogens with zero attached hydrogens (tertiary/aromatic N) is 1. The van der Waals surface area contributed by atoms with Crippen LogP contribution in [-0.2, 0) is 11.3 Å². The first-order valence-electron chi connectivity index (χ1n) is 11.2. The number of rotatable bonds is 9. The van der Waals surface area contributed by atoms with Crippen molar-refractivity contribution in [3.8, 4) is 11.1 Å². The number of nitro groups is 1. The predicted octanol–water partition coefficient (Wildman–Crippen LogP) is 6.24. The van der Waals surface area contributed by atoms with Gasteiger partial charge in [0.2, 0.25) is 5.91 Å². The number of para-hydroxylation sites is 1. The summed E-state index contributed by atoms with van der Waals surface area (Å²) in [4.78, 5) is 23.3. The molecule has 0 aromatic heterocycles. The zero-order chi connectivity index (χ0) is 24.0. The van der Waals surface area contributed by atoms with Crippen LogP contribution < -0.4 is 10.6 Å². The fraction of sp³-hybridized carbons (Fsp3) is 0.296. The zero-order valence-corrected chi connectivity index (χ0v) is 19.6. The fourth-order valence-electron chi connectivity index (χ4n) is 3.91. The van der Waals surface area contributed by atoms with Crippen molar-refractivity contribution in [1.82, 2.24) is 5.32 Å². The van der Waals surface area contributed by atoms with Gasteiger partial charge in [-0.25, -0.2) is 0 Å². The Morgan fingerprint density at radius 1 is 0.879 bits per heavy atom. The SMILES string of the molecule is CC(C)c1cccc(C(C)C)c1NC(=O)CNCc1ccccc1-c1ccc([N+](=O)[O-])cc1. The Labute approximate surface area is 195 Å². The minimum absolute atomic E-state index is 0.0634. The number of anilines is 1. The average molecular weight is 446 g/mol. The highest BCUT2D eigenvalue weighted by molar-refractivity contribution is 5.94. The van der Waals surface area contributed by atoms with Gasteiger partial charge in [0, 0.05) is 24.4 Å². The molecule has 6 nitrogen and oxygen atoms in total. The highest BCUT2D eigenvalue weighted by atomic mass is 16.6. The number of amides is 1. The summed E-state index contributed by atoms with van der Waals surface area (Å²) in [6, 6.07) is 20.5.